The Bertz CT molecular complexity index is 755. The number of anilines is 3. The number of carbonyl (C=O) groups excluding carboxylic acids is 1. The molecule has 1 amide bonds. The molecular weight excluding hydrogens is 330 g/mol. The highest BCUT2D eigenvalue weighted by atomic mass is 16.5. The van der Waals surface area contributed by atoms with Crippen molar-refractivity contribution < 1.29 is 9.53 Å². The van der Waals surface area contributed by atoms with Crippen molar-refractivity contribution in [2.24, 2.45) is 0 Å². The van der Waals surface area contributed by atoms with Crippen molar-refractivity contribution in [3.63, 3.8) is 0 Å². The van der Waals surface area contributed by atoms with Crippen LogP contribution < -0.4 is 15.1 Å². The molecule has 3 rings (SSSR count). The molecule has 1 N–H and O–H groups in total. The molecule has 1 aromatic carbocycles. The molecule has 0 saturated carbocycles. The van der Waals surface area contributed by atoms with Gasteiger partial charge in [-0.15, -0.1) is 0 Å². The zero-order valence-electron chi connectivity index (χ0n) is 15.5. The van der Waals surface area contributed by atoms with Crippen molar-refractivity contribution in [2.75, 3.05) is 55.5 Å². The van der Waals surface area contributed by atoms with E-state index in [4.69, 9.17) is 4.74 Å². The summed E-state index contributed by atoms with van der Waals surface area (Å²) in [6.07, 6.45) is 2.62. The Morgan fingerprint density at radius 2 is 1.92 bits per heavy atom. The minimum Gasteiger partial charge on any atom is -0.378 e. The zero-order chi connectivity index (χ0) is 18.5. The Kier molecular flexibility index (Phi) is 5.68. The molecule has 0 atom stereocenters. The van der Waals surface area contributed by atoms with E-state index in [1.807, 2.05) is 43.3 Å². The number of ether oxygens (including phenoxy) is 1. The Morgan fingerprint density at radius 3 is 2.54 bits per heavy atom. The number of amides is 1. The normalized spacial score (nSPS) is 14.2. The van der Waals surface area contributed by atoms with Crippen LogP contribution in [0.4, 0.5) is 17.5 Å². The molecule has 0 unspecified atom stereocenters. The Labute approximate surface area is 154 Å². The average Bonchev–Trinajstić information content (AvgIpc) is 2.68. The van der Waals surface area contributed by atoms with Crippen molar-refractivity contribution >= 4 is 23.4 Å². The van der Waals surface area contributed by atoms with Gasteiger partial charge in [-0.05, 0) is 24.1 Å². The molecule has 1 aliphatic rings. The van der Waals surface area contributed by atoms with Gasteiger partial charge >= 0.3 is 0 Å². The molecule has 26 heavy (non-hydrogen) atoms. The molecule has 138 valence electrons. The summed E-state index contributed by atoms with van der Waals surface area (Å²) in [5, 5.41) is 2.93. The predicted molar refractivity (Wildman–Crippen MR) is 103 cm³/mol. The second-order valence-corrected chi connectivity index (χ2v) is 6.41. The fourth-order valence-corrected chi connectivity index (χ4v) is 2.79. The van der Waals surface area contributed by atoms with Crippen molar-refractivity contribution in [2.45, 2.75) is 13.3 Å². The van der Waals surface area contributed by atoms with E-state index < -0.39 is 0 Å². The maximum atomic E-state index is 12.6. The molecule has 2 heterocycles. The summed E-state index contributed by atoms with van der Waals surface area (Å²) in [7, 11) is 3.80. The smallest absolute Gasteiger partial charge is 0.255 e. The SMILES string of the molecule is CCc1ccc(C(=O)Nc2cnc(N3CCOCC3)nc2N(C)C)cc1. The second kappa shape index (κ2) is 8.14. The predicted octanol–water partition coefficient (Wildman–Crippen LogP) is 2.19. The van der Waals surface area contributed by atoms with Crippen molar-refractivity contribution in [3.8, 4) is 0 Å². The summed E-state index contributed by atoms with van der Waals surface area (Å²) in [5.74, 6) is 1.17. The Hall–Kier alpha value is -2.67. The summed E-state index contributed by atoms with van der Waals surface area (Å²) in [6.45, 7) is 4.97. The zero-order valence-corrected chi connectivity index (χ0v) is 15.5. The van der Waals surface area contributed by atoms with Crippen LogP contribution in [0.2, 0.25) is 0 Å². The number of aromatic nitrogens is 2. The number of rotatable bonds is 5. The summed E-state index contributed by atoms with van der Waals surface area (Å²) in [6, 6.07) is 7.62. The maximum absolute atomic E-state index is 12.6. The van der Waals surface area contributed by atoms with Crippen LogP contribution >= 0.6 is 0 Å². The van der Waals surface area contributed by atoms with E-state index in [9.17, 15) is 4.79 Å². The first-order valence-electron chi connectivity index (χ1n) is 8.86. The average molecular weight is 355 g/mol. The van der Waals surface area contributed by atoms with Crippen molar-refractivity contribution in [3.05, 3.63) is 41.6 Å². The summed E-state index contributed by atoms with van der Waals surface area (Å²) >= 11 is 0. The van der Waals surface area contributed by atoms with Gasteiger partial charge in [0.25, 0.3) is 5.91 Å². The van der Waals surface area contributed by atoms with Gasteiger partial charge in [0.05, 0.1) is 19.4 Å². The first-order chi connectivity index (χ1) is 12.6. The van der Waals surface area contributed by atoms with Gasteiger partial charge in [0.1, 0.15) is 5.69 Å². The third-order valence-electron chi connectivity index (χ3n) is 4.35. The summed E-state index contributed by atoms with van der Waals surface area (Å²) in [4.78, 5) is 25.6. The molecule has 0 bridgehead atoms. The van der Waals surface area contributed by atoms with E-state index in [0.717, 1.165) is 19.5 Å². The number of morpholine rings is 1. The van der Waals surface area contributed by atoms with Gasteiger partial charge in [-0.1, -0.05) is 19.1 Å². The van der Waals surface area contributed by atoms with Crippen LogP contribution in [0, 0.1) is 0 Å². The summed E-state index contributed by atoms with van der Waals surface area (Å²) in [5.41, 5.74) is 2.41. The van der Waals surface area contributed by atoms with E-state index in [1.165, 1.54) is 5.56 Å². The van der Waals surface area contributed by atoms with Crippen LogP contribution in [0.5, 0.6) is 0 Å². The van der Waals surface area contributed by atoms with Crippen molar-refractivity contribution in [1.82, 2.24) is 9.97 Å². The highest BCUT2D eigenvalue weighted by Gasteiger charge is 2.18. The van der Waals surface area contributed by atoms with E-state index in [0.29, 0.717) is 36.2 Å². The second-order valence-electron chi connectivity index (χ2n) is 6.41. The lowest BCUT2D eigenvalue weighted by atomic mass is 10.1. The van der Waals surface area contributed by atoms with E-state index in [1.54, 1.807) is 6.20 Å². The van der Waals surface area contributed by atoms with Crippen LogP contribution in [0.3, 0.4) is 0 Å². The Morgan fingerprint density at radius 1 is 1.23 bits per heavy atom. The summed E-state index contributed by atoms with van der Waals surface area (Å²) < 4.78 is 5.38. The van der Waals surface area contributed by atoms with Crippen LogP contribution in [0.25, 0.3) is 0 Å². The molecule has 2 aromatic rings. The van der Waals surface area contributed by atoms with E-state index in [-0.39, 0.29) is 5.91 Å². The highest BCUT2D eigenvalue weighted by Crippen LogP contribution is 2.24. The van der Waals surface area contributed by atoms with Crippen LogP contribution in [-0.2, 0) is 11.2 Å². The van der Waals surface area contributed by atoms with E-state index in [2.05, 4.69) is 27.1 Å². The highest BCUT2D eigenvalue weighted by molar-refractivity contribution is 6.05. The lowest BCUT2D eigenvalue weighted by Crippen LogP contribution is -2.37. The largest absolute Gasteiger partial charge is 0.378 e. The number of nitrogens with zero attached hydrogens (tertiary/aromatic N) is 4. The third-order valence-corrected chi connectivity index (χ3v) is 4.35. The van der Waals surface area contributed by atoms with Crippen LogP contribution in [0.1, 0.15) is 22.8 Å². The fourth-order valence-electron chi connectivity index (χ4n) is 2.79. The van der Waals surface area contributed by atoms with E-state index >= 15 is 0 Å². The van der Waals surface area contributed by atoms with Gasteiger partial charge in [-0.3, -0.25) is 4.79 Å². The quantitative estimate of drug-likeness (QED) is 0.887. The van der Waals surface area contributed by atoms with Gasteiger partial charge < -0.3 is 19.9 Å². The molecule has 0 spiro atoms. The van der Waals surface area contributed by atoms with Gasteiger partial charge in [-0.2, -0.15) is 4.98 Å². The first kappa shape index (κ1) is 18.1. The third kappa shape index (κ3) is 4.11. The lowest BCUT2D eigenvalue weighted by Gasteiger charge is -2.28. The number of hydrogen-bond acceptors (Lipinski definition) is 6. The molecule has 1 aromatic heterocycles. The number of nitrogens with one attached hydrogen (secondary N) is 1. The van der Waals surface area contributed by atoms with Crippen molar-refractivity contribution in [1.29, 1.82) is 0 Å². The fraction of sp³-hybridized carbons (Fsp3) is 0.421. The number of hydrogen-bond donors (Lipinski definition) is 1. The van der Waals surface area contributed by atoms with Gasteiger partial charge in [0.15, 0.2) is 5.82 Å². The molecule has 7 heteroatoms. The molecular formula is C19H25N5O2. The molecule has 1 saturated heterocycles. The van der Waals surface area contributed by atoms with Gasteiger partial charge in [-0.25, -0.2) is 4.98 Å². The lowest BCUT2D eigenvalue weighted by molar-refractivity contribution is 0.102. The van der Waals surface area contributed by atoms with Gasteiger partial charge in [0.2, 0.25) is 5.95 Å². The monoisotopic (exact) mass is 355 g/mol. The van der Waals surface area contributed by atoms with Crippen LogP contribution in [-0.4, -0.2) is 56.3 Å². The van der Waals surface area contributed by atoms with Gasteiger partial charge in [0, 0.05) is 32.7 Å². The molecule has 7 nitrogen and oxygen atoms in total. The number of carbonyl (C=O) groups is 1. The van der Waals surface area contributed by atoms with Crippen LogP contribution in [0.15, 0.2) is 30.5 Å². The Balaban J connectivity index is 1.80. The standard InChI is InChI=1S/C19H25N5O2/c1-4-14-5-7-15(8-6-14)18(25)21-16-13-20-19(22-17(16)23(2)3)24-9-11-26-12-10-24/h5-8,13H,4,9-12H2,1-3H3,(H,21,25). The number of benzene rings is 1. The maximum Gasteiger partial charge on any atom is 0.255 e. The number of aryl methyl sites for hydroxylation is 1. The molecule has 1 fully saturated rings. The topological polar surface area (TPSA) is 70.6 Å². The molecule has 0 aliphatic carbocycles. The minimum atomic E-state index is -0.168. The first-order valence-corrected chi connectivity index (χ1v) is 8.86. The minimum absolute atomic E-state index is 0.168. The molecule has 1 aliphatic heterocycles. The molecule has 0 radical (unpaired) electrons.